The van der Waals surface area contributed by atoms with Gasteiger partial charge in [0.05, 0.1) is 13.2 Å². The summed E-state index contributed by atoms with van der Waals surface area (Å²) in [7, 11) is 0. The molecule has 1 saturated carbocycles. The molecule has 0 amide bonds. The maximum atomic E-state index is 12.1. The molecule has 1 heterocycles. The summed E-state index contributed by atoms with van der Waals surface area (Å²) >= 11 is 0. The second-order valence-electron chi connectivity index (χ2n) is 11.5. The number of carbonyl (C=O) groups is 2. The fourth-order valence-corrected chi connectivity index (χ4v) is 5.32. The maximum absolute atomic E-state index is 12.1. The van der Waals surface area contributed by atoms with E-state index in [9.17, 15) is 9.59 Å². The molecule has 1 aromatic rings. The number of unbranched alkanes of at least 4 members (excludes halogenated alkanes) is 4. The van der Waals surface area contributed by atoms with Crippen molar-refractivity contribution in [3.8, 4) is 0 Å². The summed E-state index contributed by atoms with van der Waals surface area (Å²) < 4.78 is 32.3. The molecule has 2 atom stereocenters. The number of benzene rings is 1. The van der Waals surface area contributed by atoms with Gasteiger partial charge in [-0.05, 0) is 68.8 Å². The van der Waals surface area contributed by atoms with Crippen LogP contribution in [0.25, 0.3) is 0 Å². The first-order valence-electron chi connectivity index (χ1n) is 16.3. The van der Waals surface area contributed by atoms with Crippen LogP contribution in [0.3, 0.4) is 0 Å². The van der Waals surface area contributed by atoms with Crippen molar-refractivity contribution in [3.05, 3.63) is 47.5 Å². The van der Waals surface area contributed by atoms with E-state index >= 15 is 0 Å². The number of ether oxygens (including phenoxy) is 6. The second-order valence-corrected chi connectivity index (χ2v) is 11.5. The number of hydrogen-bond acceptors (Lipinski definition) is 8. The summed E-state index contributed by atoms with van der Waals surface area (Å²) in [6, 6.07) is 7.92. The topological polar surface area (TPSA) is 89.5 Å². The van der Waals surface area contributed by atoms with Crippen LogP contribution in [0.2, 0.25) is 0 Å². The minimum atomic E-state index is -1.28. The van der Waals surface area contributed by atoms with Gasteiger partial charge in [-0.25, -0.2) is 9.59 Å². The van der Waals surface area contributed by atoms with Crippen molar-refractivity contribution in [2.45, 2.75) is 130 Å². The van der Waals surface area contributed by atoms with Gasteiger partial charge in [0, 0.05) is 5.56 Å². The highest BCUT2D eigenvalue weighted by Crippen LogP contribution is 2.34. The first kappa shape index (κ1) is 33.9. The molecule has 236 valence electrons. The van der Waals surface area contributed by atoms with Gasteiger partial charge in [-0.2, -0.15) is 0 Å². The molecule has 1 aliphatic heterocycles. The minimum Gasteiger partial charge on any atom is -0.434 e. The molecule has 1 saturated heterocycles. The van der Waals surface area contributed by atoms with Gasteiger partial charge in [0.2, 0.25) is 0 Å². The summed E-state index contributed by atoms with van der Waals surface area (Å²) in [5.74, 6) is 1.67. The fourth-order valence-electron chi connectivity index (χ4n) is 5.32. The molecule has 0 N–H and O–H groups in total. The summed E-state index contributed by atoms with van der Waals surface area (Å²) in [6.45, 7) is 6.72. The maximum Gasteiger partial charge on any atom is 0.510 e. The number of carbonyl (C=O) groups excluding carboxylic acids is 2. The molecular weight excluding hydrogens is 536 g/mol. The molecule has 8 nitrogen and oxygen atoms in total. The van der Waals surface area contributed by atoms with E-state index in [2.05, 4.69) is 19.1 Å². The Morgan fingerprint density at radius 2 is 1.36 bits per heavy atom. The molecule has 3 rings (SSSR count). The van der Waals surface area contributed by atoms with Crippen LogP contribution in [0.5, 0.6) is 0 Å². The third-order valence-corrected chi connectivity index (χ3v) is 7.97. The molecule has 2 aliphatic rings. The van der Waals surface area contributed by atoms with E-state index in [1.807, 2.05) is 38.1 Å². The fraction of sp³-hybridized carbons (Fsp3) is 0.706. The van der Waals surface area contributed by atoms with Crippen molar-refractivity contribution < 1.29 is 38.0 Å². The first-order chi connectivity index (χ1) is 20.5. The monoisotopic (exact) mass is 588 g/mol. The Bertz CT molecular complexity index is 890. The van der Waals surface area contributed by atoms with E-state index < -0.39 is 31.2 Å². The average molecular weight is 589 g/mol. The Labute approximate surface area is 252 Å². The van der Waals surface area contributed by atoms with Gasteiger partial charge >= 0.3 is 12.3 Å². The third kappa shape index (κ3) is 12.3. The predicted octanol–water partition coefficient (Wildman–Crippen LogP) is 9.17. The molecule has 8 heteroatoms. The van der Waals surface area contributed by atoms with Crippen molar-refractivity contribution in [3.63, 3.8) is 0 Å². The third-order valence-electron chi connectivity index (χ3n) is 7.97. The molecule has 1 aromatic carbocycles. The van der Waals surface area contributed by atoms with Crippen LogP contribution >= 0.6 is 0 Å². The minimum absolute atomic E-state index is 0.230. The van der Waals surface area contributed by atoms with Crippen LogP contribution in [0.15, 0.2) is 36.4 Å². The van der Waals surface area contributed by atoms with E-state index in [0.29, 0.717) is 12.8 Å². The molecule has 0 spiro atoms. The number of rotatable bonds is 17. The van der Waals surface area contributed by atoms with Crippen molar-refractivity contribution in [2.75, 3.05) is 13.2 Å². The summed E-state index contributed by atoms with van der Waals surface area (Å²) in [6.07, 6.45) is 15.5. The molecular formula is C34H52O8. The number of aryl methyl sites for hydroxylation is 1. The highest BCUT2D eigenvalue weighted by atomic mass is 16.9. The molecule has 42 heavy (non-hydrogen) atoms. The van der Waals surface area contributed by atoms with Crippen LogP contribution in [-0.2, 0) is 34.8 Å². The van der Waals surface area contributed by atoms with Crippen LogP contribution in [0.1, 0.15) is 122 Å². The summed E-state index contributed by atoms with van der Waals surface area (Å²) in [4.78, 5) is 24.3. The Morgan fingerprint density at radius 3 is 1.90 bits per heavy atom. The van der Waals surface area contributed by atoms with E-state index in [4.69, 9.17) is 28.4 Å². The van der Waals surface area contributed by atoms with Gasteiger partial charge in [0.25, 0.3) is 12.6 Å². The van der Waals surface area contributed by atoms with Crippen molar-refractivity contribution >= 4 is 12.3 Å². The largest absolute Gasteiger partial charge is 0.510 e. The summed E-state index contributed by atoms with van der Waals surface area (Å²) in [5.41, 5.74) is 1.93. The molecule has 1 aliphatic carbocycles. The molecule has 0 bridgehead atoms. The van der Waals surface area contributed by atoms with Gasteiger partial charge in [-0.1, -0.05) is 95.7 Å². The molecule has 2 fully saturated rings. The Kier molecular flexibility index (Phi) is 15.8. The highest BCUT2D eigenvalue weighted by Gasteiger charge is 2.43. The number of hydrogen-bond donors (Lipinski definition) is 0. The van der Waals surface area contributed by atoms with Crippen molar-refractivity contribution in [1.29, 1.82) is 0 Å². The molecule has 0 radical (unpaired) electrons. The molecule has 0 unspecified atom stereocenters. The van der Waals surface area contributed by atoms with Crippen LogP contribution in [0, 0.1) is 11.8 Å². The highest BCUT2D eigenvalue weighted by molar-refractivity contribution is 5.61. The number of allylic oxidation sites excluding steroid dienone is 2. The summed E-state index contributed by atoms with van der Waals surface area (Å²) in [5, 5.41) is 0. The predicted molar refractivity (Wildman–Crippen MR) is 161 cm³/mol. The van der Waals surface area contributed by atoms with Gasteiger partial charge in [-0.3, -0.25) is 0 Å². The lowest BCUT2D eigenvalue weighted by Crippen LogP contribution is -2.33. The van der Waals surface area contributed by atoms with Gasteiger partial charge in [0.15, 0.2) is 6.29 Å². The van der Waals surface area contributed by atoms with Gasteiger partial charge in [-0.15, -0.1) is 0 Å². The van der Waals surface area contributed by atoms with Crippen LogP contribution < -0.4 is 0 Å². The average Bonchev–Trinajstić information content (AvgIpc) is 3.38. The van der Waals surface area contributed by atoms with Crippen LogP contribution in [0.4, 0.5) is 9.59 Å². The SMILES string of the molecule is CCCCCC1CCC(/C=C/CCc2ccc(C3O[C@H](OC(=O)OCCCC)[C@@H](OC(=O)OCCCC)O3)cc2)CC1. The van der Waals surface area contributed by atoms with Crippen molar-refractivity contribution in [2.24, 2.45) is 11.8 Å². The lowest BCUT2D eigenvalue weighted by Gasteiger charge is -2.26. The zero-order valence-electron chi connectivity index (χ0n) is 25.9. The van der Waals surface area contributed by atoms with Crippen LogP contribution in [-0.4, -0.2) is 38.1 Å². The first-order valence-corrected chi connectivity index (χ1v) is 16.3. The quantitative estimate of drug-likeness (QED) is 0.101. The van der Waals surface area contributed by atoms with E-state index in [-0.39, 0.29) is 13.2 Å². The standard InChI is InChI=1S/C34H52O8/c1-4-7-10-13-26-16-18-27(19-17-26)14-11-12-15-28-20-22-29(23-21-28)30-39-31(41-33(35)37-24-8-5-2)32(40-30)42-34(36)38-25-9-6-3/h11,14,20-23,26-27,30-32H,4-10,12-13,15-19,24-25H2,1-3H3/b14-11+/t26?,27?,31-,32-/m1/s1. The van der Waals surface area contributed by atoms with E-state index in [1.54, 1.807) is 0 Å². The lowest BCUT2D eigenvalue weighted by molar-refractivity contribution is -0.159. The van der Waals surface area contributed by atoms with E-state index in [0.717, 1.165) is 43.1 Å². The zero-order valence-corrected chi connectivity index (χ0v) is 25.9. The Balaban J connectivity index is 1.46. The zero-order chi connectivity index (χ0) is 30.0. The molecule has 0 aromatic heterocycles. The second kappa shape index (κ2) is 19.6. The Morgan fingerprint density at radius 1 is 0.786 bits per heavy atom. The normalized spacial score (nSPS) is 22.7. The smallest absolute Gasteiger partial charge is 0.434 e. The van der Waals surface area contributed by atoms with Gasteiger partial charge < -0.3 is 28.4 Å². The van der Waals surface area contributed by atoms with E-state index in [1.165, 1.54) is 56.9 Å². The van der Waals surface area contributed by atoms with Crippen molar-refractivity contribution in [1.82, 2.24) is 0 Å². The van der Waals surface area contributed by atoms with Gasteiger partial charge in [0.1, 0.15) is 0 Å². The lowest BCUT2D eigenvalue weighted by atomic mass is 9.79. The Hall–Kier alpha value is -2.58.